The van der Waals surface area contributed by atoms with E-state index in [9.17, 15) is 14.4 Å². The predicted octanol–water partition coefficient (Wildman–Crippen LogP) is 25.1. The molecular formula is C76H138O6. The number of hydrogen-bond donors (Lipinski definition) is 0. The molecule has 0 fully saturated rings. The molecule has 0 aromatic rings. The van der Waals surface area contributed by atoms with Gasteiger partial charge < -0.3 is 14.2 Å². The molecule has 82 heavy (non-hydrogen) atoms. The van der Waals surface area contributed by atoms with Crippen LogP contribution < -0.4 is 0 Å². The van der Waals surface area contributed by atoms with Crippen LogP contribution in [0.25, 0.3) is 0 Å². The van der Waals surface area contributed by atoms with Gasteiger partial charge in [0.2, 0.25) is 0 Å². The van der Waals surface area contributed by atoms with E-state index in [0.717, 1.165) is 83.5 Å². The second-order valence-electron chi connectivity index (χ2n) is 24.5. The first-order valence-electron chi connectivity index (χ1n) is 36.3. The van der Waals surface area contributed by atoms with Crippen LogP contribution in [0.3, 0.4) is 0 Å². The summed E-state index contributed by atoms with van der Waals surface area (Å²) in [5.74, 6) is -0.873. The van der Waals surface area contributed by atoms with Crippen LogP contribution in [0.2, 0.25) is 0 Å². The Morgan fingerprint density at radius 3 is 0.732 bits per heavy atom. The van der Waals surface area contributed by atoms with E-state index in [1.807, 2.05) is 0 Å². The van der Waals surface area contributed by atoms with Crippen molar-refractivity contribution in [3.05, 3.63) is 60.8 Å². The predicted molar refractivity (Wildman–Crippen MR) is 358 cm³/mol. The molecule has 6 heteroatoms. The second-order valence-corrected chi connectivity index (χ2v) is 24.5. The number of esters is 3. The molecule has 0 aromatic heterocycles. The molecule has 0 aliphatic carbocycles. The molecular weight excluding hydrogens is 1010 g/mol. The van der Waals surface area contributed by atoms with Crippen molar-refractivity contribution in [2.75, 3.05) is 13.2 Å². The molecule has 0 aliphatic heterocycles. The average molecular weight is 1150 g/mol. The number of allylic oxidation sites excluding steroid dienone is 10. The Hall–Kier alpha value is -2.89. The lowest BCUT2D eigenvalue weighted by Crippen LogP contribution is -2.30. The van der Waals surface area contributed by atoms with Gasteiger partial charge in [-0.1, -0.05) is 326 Å². The van der Waals surface area contributed by atoms with Crippen LogP contribution in [0.5, 0.6) is 0 Å². The van der Waals surface area contributed by atoms with Crippen molar-refractivity contribution in [2.24, 2.45) is 0 Å². The Bertz CT molecular complexity index is 1460. The van der Waals surface area contributed by atoms with Gasteiger partial charge in [0.15, 0.2) is 6.10 Å². The first kappa shape index (κ1) is 79.1. The van der Waals surface area contributed by atoms with Gasteiger partial charge in [-0.05, 0) is 103 Å². The van der Waals surface area contributed by atoms with Gasteiger partial charge in [-0.2, -0.15) is 0 Å². The number of carbonyl (C=O) groups is 3. The average Bonchev–Trinajstić information content (AvgIpc) is 3.47. The Morgan fingerprint density at radius 1 is 0.244 bits per heavy atom. The van der Waals surface area contributed by atoms with Crippen LogP contribution in [0, 0.1) is 0 Å². The van der Waals surface area contributed by atoms with Gasteiger partial charge >= 0.3 is 17.9 Å². The number of carbonyl (C=O) groups excluding carboxylic acids is 3. The van der Waals surface area contributed by atoms with Crippen molar-refractivity contribution in [3.63, 3.8) is 0 Å². The van der Waals surface area contributed by atoms with Crippen LogP contribution in [0.1, 0.15) is 387 Å². The molecule has 0 heterocycles. The zero-order valence-electron chi connectivity index (χ0n) is 55.0. The molecule has 6 nitrogen and oxygen atoms in total. The molecule has 1 unspecified atom stereocenters. The summed E-state index contributed by atoms with van der Waals surface area (Å²) < 4.78 is 16.9. The molecule has 0 bridgehead atoms. The lowest BCUT2D eigenvalue weighted by molar-refractivity contribution is -0.167. The molecule has 478 valence electrons. The van der Waals surface area contributed by atoms with Gasteiger partial charge in [-0.3, -0.25) is 14.4 Å². The first-order valence-corrected chi connectivity index (χ1v) is 36.3. The Morgan fingerprint density at radius 2 is 0.451 bits per heavy atom. The summed E-state index contributed by atoms with van der Waals surface area (Å²) in [5, 5.41) is 0. The summed E-state index contributed by atoms with van der Waals surface area (Å²) >= 11 is 0. The second kappa shape index (κ2) is 70.6. The molecule has 0 rings (SSSR count). The zero-order valence-corrected chi connectivity index (χ0v) is 55.0. The maximum atomic E-state index is 12.9. The highest BCUT2D eigenvalue weighted by molar-refractivity contribution is 5.71. The minimum Gasteiger partial charge on any atom is -0.462 e. The van der Waals surface area contributed by atoms with Crippen molar-refractivity contribution in [2.45, 2.75) is 393 Å². The third-order valence-corrected chi connectivity index (χ3v) is 16.2. The molecule has 0 radical (unpaired) electrons. The van der Waals surface area contributed by atoms with Gasteiger partial charge in [0.05, 0.1) is 0 Å². The lowest BCUT2D eigenvalue weighted by atomic mass is 10.0. The van der Waals surface area contributed by atoms with Crippen molar-refractivity contribution >= 4 is 17.9 Å². The Balaban J connectivity index is 4.06. The van der Waals surface area contributed by atoms with Crippen molar-refractivity contribution in [1.82, 2.24) is 0 Å². The van der Waals surface area contributed by atoms with Crippen molar-refractivity contribution in [1.29, 1.82) is 0 Å². The van der Waals surface area contributed by atoms with Crippen LogP contribution in [0.4, 0.5) is 0 Å². The van der Waals surface area contributed by atoms with E-state index in [4.69, 9.17) is 14.2 Å². The molecule has 0 saturated carbocycles. The zero-order chi connectivity index (χ0) is 59.2. The van der Waals surface area contributed by atoms with E-state index in [1.165, 1.54) is 263 Å². The standard InChI is InChI=1S/C76H138O6/c1-4-7-10-13-16-19-22-24-26-28-30-31-32-33-34-35-36-37-38-39-40-41-42-43-44-45-46-48-49-51-54-57-60-63-66-69-75(78)81-72-73(71-80-74(77)68-65-62-59-56-53-21-18-15-12-9-6-3)82-76(79)70-67-64-61-58-55-52-50-47-29-27-25-23-20-17-14-11-8-5-2/h15,18,20,22-24,27-30,73H,4-14,16-17,19,21,25-26,31-72H2,1-3H3/b18-15-,23-20-,24-22-,29-27-,30-28-. The van der Waals surface area contributed by atoms with Crippen molar-refractivity contribution < 1.29 is 28.6 Å². The molecule has 0 amide bonds. The first-order chi connectivity index (χ1) is 40.5. The maximum Gasteiger partial charge on any atom is 0.306 e. The van der Waals surface area contributed by atoms with Gasteiger partial charge in [-0.25, -0.2) is 0 Å². The maximum absolute atomic E-state index is 12.9. The summed E-state index contributed by atoms with van der Waals surface area (Å²) in [7, 11) is 0. The molecule has 0 N–H and O–H groups in total. The van der Waals surface area contributed by atoms with Crippen LogP contribution in [0.15, 0.2) is 60.8 Å². The van der Waals surface area contributed by atoms with Crippen LogP contribution in [-0.4, -0.2) is 37.2 Å². The summed E-state index contributed by atoms with van der Waals surface area (Å²) in [6.45, 7) is 6.61. The van der Waals surface area contributed by atoms with Gasteiger partial charge in [0.25, 0.3) is 0 Å². The van der Waals surface area contributed by atoms with E-state index in [0.29, 0.717) is 19.3 Å². The topological polar surface area (TPSA) is 78.9 Å². The fourth-order valence-electron chi connectivity index (χ4n) is 10.7. The lowest BCUT2D eigenvalue weighted by Gasteiger charge is -2.18. The minimum atomic E-state index is -0.780. The van der Waals surface area contributed by atoms with Crippen molar-refractivity contribution in [3.8, 4) is 0 Å². The third-order valence-electron chi connectivity index (χ3n) is 16.2. The normalized spacial score (nSPS) is 12.4. The third kappa shape index (κ3) is 67.9. The largest absolute Gasteiger partial charge is 0.462 e. The van der Waals surface area contributed by atoms with Gasteiger partial charge in [-0.15, -0.1) is 0 Å². The highest BCUT2D eigenvalue weighted by Crippen LogP contribution is 2.18. The van der Waals surface area contributed by atoms with E-state index in [2.05, 4.69) is 81.5 Å². The summed E-state index contributed by atoms with van der Waals surface area (Å²) in [5.41, 5.74) is 0. The fourth-order valence-corrected chi connectivity index (χ4v) is 10.7. The van der Waals surface area contributed by atoms with Crippen LogP contribution >= 0.6 is 0 Å². The summed E-state index contributed by atoms with van der Waals surface area (Å²) in [4.78, 5) is 38.3. The molecule has 0 saturated heterocycles. The SMILES string of the molecule is CCCC/C=C\CCCCCCCC(=O)OCC(COC(=O)CCCCCCCCCCCCCCCCCCCCCCCCC/C=C\C/C=C\CCCCCCC)OC(=O)CCCCCCCCC/C=C\C/C=C\CCCCCC. The number of hydrogen-bond acceptors (Lipinski definition) is 6. The molecule has 0 spiro atoms. The van der Waals surface area contributed by atoms with Gasteiger partial charge in [0, 0.05) is 19.3 Å². The summed E-state index contributed by atoms with van der Waals surface area (Å²) in [6.07, 6.45) is 91.3. The molecule has 1 atom stereocenters. The fraction of sp³-hybridized carbons (Fsp3) is 0.829. The number of rotatable bonds is 67. The van der Waals surface area contributed by atoms with Crippen LogP contribution in [-0.2, 0) is 28.6 Å². The highest BCUT2D eigenvalue weighted by Gasteiger charge is 2.19. The minimum absolute atomic E-state index is 0.0761. The highest BCUT2D eigenvalue weighted by atomic mass is 16.6. The molecule has 0 aliphatic rings. The quantitative estimate of drug-likeness (QED) is 0.0261. The van der Waals surface area contributed by atoms with E-state index >= 15 is 0 Å². The van der Waals surface area contributed by atoms with E-state index < -0.39 is 6.10 Å². The monoisotopic (exact) mass is 1150 g/mol. The van der Waals surface area contributed by atoms with E-state index in [1.54, 1.807) is 0 Å². The smallest absolute Gasteiger partial charge is 0.306 e. The Labute approximate surface area is 510 Å². The van der Waals surface area contributed by atoms with Gasteiger partial charge in [0.1, 0.15) is 13.2 Å². The number of ether oxygens (including phenoxy) is 3. The summed E-state index contributed by atoms with van der Waals surface area (Å²) in [6, 6.07) is 0. The Kier molecular flexibility index (Phi) is 68.1. The van der Waals surface area contributed by atoms with E-state index in [-0.39, 0.29) is 31.1 Å². The number of unbranched alkanes of at least 4 members (excludes halogenated alkanes) is 46. The molecule has 0 aromatic carbocycles.